The van der Waals surface area contributed by atoms with Crippen LogP contribution in [0.4, 0.5) is 39.4 Å². The molecule has 1 aliphatic rings. The van der Waals surface area contributed by atoms with Crippen molar-refractivity contribution in [3.8, 4) is 0 Å². The third-order valence-corrected chi connectivity index (χ3v) is 5.87. The quantitative estimate of drug-likeness (QED) is 0.399. The van der Waals surface area contributed by atoms with Crippen molar-refractivity contribution in [3.63, 3.8) is 0 Å². The average Bonchev–Trinajstić information content (AvgIpc) is 3.63. The Labute approximate surface area is 203 Å². The lowest BCUT2D eigenvalue weighted by atomic mass is 10.1. The smallest absolute Gasteiger partial charge is 0.363 e. The van der Waals surface area contributed by atoms with E-state index < -0.39 is 39.2 Å². The Bertz CT molecular complexity index is 1350. The highest BCUT2D eigenvalue weighted by atomic mass is 32.2. The van der Waals surface area contributed by atoms with Gasteiger partial charge in [-0.25, -0.2) is 27.8 Å². The van der Waals surface area contributed by atoms with Gasteiger partial charge >= 0.3 is 6.18 Å². The fourth-order valence-corrected chi connectivity index (χ4v) is 3.96. The Balaban J connectivity index is 1.49. The van der Waals surface area contributed by atoms with Crippen LogP contribution in [0.25, 0.3) is 0 Å². The van der Waals surface area contributed by atoms with Gasteiger partial charge in [0, 0.05) is 25.3 Å². The monoisotopic (exact) mass is 528 g/mol. The van der Waals surface area contributed by atoms with Gasteiger partial charge in [0.05, 0.1) is 11.8 Å². The van der Waals surface area contributed by atoms with Gasteiger partial charge in [-0.15, -0.1) is 0 Å². The van der Waals surface area contributed by atoms with E-state index in [1.165, 1.54) is 18.3 Å². The molecule has 0 spiro atoms. The summed E-state index contributed by atoms with van der Waals surface area (Å²) >= 11 is 0. The van der Waals surface area contributed by atoms with E-state index in [1.807, 2.05) is 4.72 Å². The van der Waals surface area contributed by atoms with E-state index in [2.05, 4.69) is 20.3 Å². The zero-order chi connectivity index (χ0) is 26.1. The van der Waals surface area contributed by atoms with Crippen LogP contribution in [0.5, 0.6) is 0 Å². The molecule has 0 radical (unpaired) electrons. The number of nitrogens with zero attached hydrogens (tertiary/aromatic N) is 4. The van der Waals surface area contributed by atoms with E-state index in [0.29, 0.717) is 11.1 Å². The first kappa shape index (κ1) is 25.5. The molecule has 2 aromatic heterocycles. The van der Waals surface area contributed by atoms with E-state index >= 15 is 4.39 Å². The molecule has 36 heavy (non-hydrogen) atoms. The Kier molecular flexibility index (Phi) is 6.98. The van der Waals surface area contributed by atoms with E-state index in [4.69, 9.17) is 0 Å². The number of hydrogen-bond donors (Lipinski definition) is 2. The number of rotatable bonds is 9. The van der Waals surface area contributed by atoms with Crippen molar-refractivity contribution < 1.29 is 30.4 Å². The lowest BCUT2D eigenvalue weighted by Gasteiger charge is -2.24. The van der Waals surface area contributed by atoms with Crippen LogP contribution in [-0.2, 0) is 29.3 Å². The van der Waals surface area contributed by atoms with Crippen molar-refractivity contribution in [2.45, 2.75) is 38.1 Å². The van der Waals surface area contributed by atoms with Crippen molar-refractivity contribution in [3.05, 3.63) is 71.2 Å². The number of sulfonamides is 1. The minimum absolute atomic E-state index is 0.00750. The van der Waals surface area contributed by atoms with Gasteiger partial charge < -0.3 is 10.2 Å². The topological polar surface area (TPSA) is 100 Å². The Hall–Kier alpha value is -3.55. The van der Waals surface area contributed by atoms with Gasteiger partial charge in [-0.1, -0.05) is 12.1 Å². The number of halogens is 5. The number of anilines is 3. The van der Waals surface area contributed by atoms with Crippen molar-refractivity contribution in [1.29, 1.82) is 0 Å². The molecule has 1 saturated carbocycles. The second-order valence-electron chi connectivity index (χ2n) is 8.32. The number of hydrogen-bond acceptors (Lipinski definition) is 7. The van der Waals surface area contributed by atoms with Gasteiger partial charge in [0.15, 0.2) is 23.3 Å². The van der Waals surface area contributed by atoms with Crippen LogP contribution in [-0.4, -0.2) is 35.7 Å². The normalized spacial score (nSPS) is 13.9. The molecule has 2 N–H and O–H groups in total. The van der Waals surface area contributed by atoms with Gasteiger partial charge in [0.2, 0.25) is 15.8 Å². The molecule has 0 bridgehead atoms. The minimum atomic E-state index is -4.45. The van der Waals surface area contributed by atoms with E-state index in [0.717, 1.165) is 43.6 Å². The number of alkyl halides is 3. The summed E-state index contributed by atoms with van der Waals surface area (Å²) in [6, 6.07) is 5.69. The second-order valence-corrected chi connectivity index (χ2v) is 10.1. The van der Waals surface area contributed by atoms with Crippen molar-refractivity contribution in [1.82, 2.24) is 15.0 Å². The molecule has 1 aliphatic carbocycles. The zero-order valence-corrected chi connectivity index (χ0v) is 19.7. The second kappa shape index (κ2) is 9.84. The fraction of sp³-hybridized carbons (Fsp3) is 0.318. The Morgan fingerprint density at radius 2 is 1.72 bits per heavy atom. The highest BCUT2D eigenvalue weighted by Crippen LogP contribution is 2.35. The highest BCUT2D eigenvalue weighted by molar-refractivity contribution is 7.92. The average molecular weight is 529 g/mol. The van der Waals surface area contributed by atoms with Crippen LogP contribution >= 0.6 is 0 Å². The molecule has 0 unspecified atom stereocenters. The molecule has 2 heterocycles. The molecule has 0 saturated heterocycles. The molecule has 0 aliphatic heterocycles. The molecule has 1 aromatic carbocycles. The van der Waals surface area contributed by atoms with Gasteiger partial charge in [0.25, 0.3) is 0 Å². The van der Waals surface area contributed by atoms with Crippen LogP contribution in [0, 0.1) is 11.6 Å². The maximum atomic E-state index is 15.3. The van der Waals surface area contributed by atoms with Crippen molar-refractivity contribution in [2.24, 2.45) is 0 Å². The van der Waals surface area contributed by atoms with E-state index in [-0.39, 0.29) is 30.8 Å². The van der Waals surface area contributed by atoms with Gasteiger partial charge in [-0.05, 0) is 42.2 Å². The summed E-state index contributed by atoms with van der Waals surface area (Å²) in [5.74, 6) is -2.29. The number of aromatic nitrogens is 3. The molecule has 14 heteroatoms. The van der Waals surface area contributed by atoms with Crippen LogP contribution in [0.1, 0.15) is 29.5 Å². The predicted molar refractivity (Wildman–Crippen MR) is 123 cm³/mol. The first-order valence-electron chi connectivity index (χ1n) is 10.7. The molecule has 3 aromatic rings. The third-order valence-electron chi connectivity index (χ3n) is 5.30. The molecule has 192 valence electrons. The summed E-state index contributed by atoms with van der Waals surface area (Å²) in [6.07, 6.45) is 0.363. The summed E-state index contributed by atoms with van der Waals surface area (Å²) in [6.45, 7) is 0.0822. The number of pyridine rings is 1. The van der Waals surface area contributed by atoms with Gasteiger partial charge in [-0.2, -0.15) is 17.6 Å². The third kappa shape index (κ3) is 6.36. The van der Waals surface area contributed by atoms with Crippen molar-refractivity contribution in [2.75, 3.05) is 21.2 Å². The first-order chi connectivity index (χ1) is 16.9. The molecule has 8 nitrogen and oxygen atoms in total. The van der Waals surface area contributed by atoms with Gasteiger partial charge in [0.1, 0.15) is 6.33 Å². The fourth-order valence-electron chi connectivity index (χ4n) is 3.45. The van der Waals surface area contributed by atoms with Crippen LogP contribution in [0.3, 0.4) is 0 Å². The highest BCUT2D eigenvalue weighted by Gasteiger charge is 2.33. The first-order valence-corrected chi connectivity index (χ1v) is 12.6. The lowest BCUT2D eigenvalue weighted by Crippen LogP contribution is -2.27. The molecule has 1 fully saturated rings. The Morgan fingerprint density at radius 3 is 2.31 bits per heavy atom. The maximum Gasteiger partial charge on any atom is 0.416 e. The van der Waals surface area contributed by atoms with Crippen LogP contribution < -0.4 is 14.9 Å². The summed E-state index contributed by atoms with van der Waals surface area (Å²) in [7, 11) is -3.71. The van der Waals surface area contributed by atoms with Crippen LogP contribution in [0.2, 0.25) is 0 Å². The molecular weight excluding hydrogens is 507 g/mol. The van der Waals surface area contributed by atoms with Gasteiger partial charge in [-0.3, -0.25) is 4.72 Å². The molecular formula is C22H21F5N6O2S. The van der Waals surface area contributed by atoms with E-state index in [1.54, 1.807) is 4.90 Å². The maximum absolute atomic E-state index is 15.3. The summed E-state index contributed by atoms with van der Waals surface area (Å²) in [5, 5.41) is 2.74. The largest absolute Gasteiger partial charge is 0.416 e. The summed E-state index contributed by atoms with van der Waals surface area (Å²) in [5.41, 5.74) is 0.0941. The zero-order valence-electron chi connectivity index (χ0n) is 18.9. The number of nitrogens with one attached hydrogen (secondary N) is 2. The van der Waals surface area contributed by atoms with Crippen LogP contribution in [0.15, 0.2) is 42.9 Å². The standard InChI is InChI=1S/C22H21F5N6O2S/c1-36(34,35)32-19-17(23)8-14(9-28-19)10-29-20-18(24)21(31-12-30-20)33(16-6-7-16)11-13-2-4-15(5-3-13)22(25,26)27/h2-5,8-9,12,16H,6-7,10-11H2,1H3,(H,28,32)(H,29,30,31). The van der Waals surface area contributed by atoms with E-state index in [9.17, 15) is 26.0 Å². The molecule has 0 atom stereocenters. The number of benzene rings is 1. The SMILES string of the molecule is CS(=O)(=O)Nc1ncc(CNc2ncnc(N(Cc3ccc(C(F)(F)F)cc3)C3CC3)c2F)cc1F. The summed E-state index contributed by atoms with van der Waals surface area (Å²) < 4.78 is 92.5. The molecule has 4 rings (SSSR count). The van der Waals surface area contributed by atoms with Crippen molar-refractivity contribution >= 4 is 27.5 Å². The molecule has 0 amide bonds. The lowest BCUT2D eigenvalue weighted by molar-refractivity contribution is -0.137. The predicted octanol–water partition coefficient (Wildman–Crippen LogP) is 4.32. The Morgan fingerprint density at radius 1 is 1.03 bits per heavy atom. The summed E-state index contributed by atoms with van der Waals surface area (Å²) in [4.78, 5) is 13.4. The minimum Gasteiger partial charge on any atom is -0.363 e.